The third-order valence-electron chi connectivity index (χ3n) is 4.08. The molecule has 0 spiro atoms. The molecule has 132 valence electrons. The molecule has 0 radical (unpaired) electrons. The van der Waals surface area contributed by atoms with Gasteiger partial charge in [-0.25, -0.2) is 0 Å². The summed E-state index contributed by atoms with van der Waals surface area (Å²) < 4.78 is 0. The number of carbonyl (C=O) groups is 2. The smallest absolute Gasteiger partial charge is 0.313 e. The van der Waals surface area contributed by atoms with Gasteiger partial charge in [-0.15, -0.1) is 0 Å². The van der Waals surface area contributed by atoms with Crippen LogP contribution in [0.5, 0.6) is 5.75 Å². The van der Waals surface area contributed by atoms with E-state index < -0.39 is 11.8 Å². The van der Waals surface area contributed by atoms with E-state index >= 15 is 0 Å². The zero-order chi connectivity index (χ0) is 18.2. The van der Waals surface area contributed by atoms with Crippen LogP contribution >= 0.6 is 0 Å². The molecule has 0 atom stereocenters. The van der Waals surface area contributed by atoms with Crippen molar-refractivity contribution in [3.05, 3.63) is 59.2 Å². The van der Waals surface area contributed by atoms with Gasteiger partial charge in [0.15, 0.2) is 0 Å². The maximum absolute atomic E-state index is 12.2. The van der Waals surface area contributed by atoms with Gasteiger partial charge in [0.2, 0.25) is 0 Å². The van der Waals surface area contributed by atoms with Crippen molar-refractivity contribution in [3.63, 3.8) is 0 Å². The topological polar surface area (TPSA) is 78.4 Å². The number of hydrogen-bond donors (Lipinski definition) is 3. The first kappa shape index (κ1) is 18.5. The SMILES string of the molecule is CCc1cccc(CC)c1NC(=O)C(=O)NCCc1ccc(O)cc1. The Morgan fingerprint density at radius 1 is 0.920 bits per heavy atom. The fourth-order valence-electron chi connectivity index (χ4n) is 2.64. The first-order valence-corrected chi connectivity index (χ1v) is 8.53. The third-order valence-corrected chi connectivity index (χ3v) is 4.08. The third kappa shape index (κ3) is 5.08. The van der Waals surface area contributed by atoms with E-state index in [1.54, 1.807) is 24.3 Å². The average molecular weight is 340 g/mol. The van der Waals surface area contributed by atoms with Crippen LogP contribution in [0.3, 0.4) is 0 Å². The zero-order valence-corrected chi connectivity index (χ0v) is 14.6. The van der Waals surface area contributed by atoms with Crippen molar-refractivity contribution in [2.45, 2.75) is 33.1 Å². The van der Waals surface area contributed by atoms with Crippen LogP contribution in [0.1, 0.15) is 30.5 Å². The van der Waals surface area contributed by atoms with Crippen LogP contribution in [0.25, 0.3) is 0 Å². The molecule has 0 aliphatic carbocycles. The van der Waals surface area contributed by atoms with Crippen LogP contribution in [-0.4, -0.2) is 23.5 Å². The van der Waals surface area contributed by atoms with Gasteiger partial charge in [-0.05, 0) is 48.1 Å². The predicted molar refractivity (Wildman–Crippen MR) is 98.6 cm³/mol. The molecule has 2 rings (SSSR count). The average Bonchev–Trinajstić information content (AvgIpc) is 2.63. The molecule has 25 heavy (non-hydrogen) atoms. The maximum atomic E-state index is 12.2. The maximum Gasteiger partial charge on any atom is 0.313 e. The number of nitrogens with one attached hydrogen (secondary N) is 2. The number of aromatic hydroxyl groups is 1. The second-order valence-corrected chi connectivity index (χ2v) is 5.78. The molecular formula is C20H24N2O3. The zero-order valence-electron chi connectivity index (χ0n) is 14.6. The molecule has 0 aliphatic heterocycles. The Bertz CT molecular complexity index is 717. The van der Waals surface area contributed by atoms with Gasteiger partial charge in [0.1, 0.15) is 5.75 Å². The molecule has 0 fully saturated rings. The number of benzene rings is 2. The minimum absolute atomic E-state index is 0.202. The van der Waals surface area contributed by atoms with Gasteiger partial charge in [-0.3, -0.25) is 9.59 Å². The molecule has 0 bridgehead atoms. The van der Waals surface area contributed by atoms with Crippen molar-refractivity contribution in [1.82, 2.24) is 5.32 Å². The van der Waals surface area contributed by atoms with Crippen molar-refractivity contribution < 1.29 is 14.7 Å². The Labute approximate surface area is 148 Å². The molecule has 0 saturated carbocycles. The molecule has 5 heteroatoms. The lowest BCUT2D eigenvalue weighted by atomic mass is 10.0. The highest BCUT2D eigenvalue weighted by Gasteiger charge is 2.16. The molecule has 3 N–H and O–H groups in total. The second-order valence-electron chi connectivity index (χ2n) is 5.78. The first-order chi connectivity index (χ1) is 12.0. The number of hydrogen-bond acceptors (Lipinski definition) is 3. The van der Waals surface area contributed by atoms with Crippen LogP contribution in [0, 0.1) is 0 Å². The molecular weight excluding hydrogens is 316 g/mol. The highest BCUT2D eigenvalue weighted by molar-refractivity contribution is 6.39. The predicted octanol–water partition coefficient (Wildman–Crippen LogP) is 2.81. The summed E-state index contributed by atoms with van der Waals surface area (Å²) in [4.78, 5) is 24.2. The van der Waals surface area contributed by atoms with Gasteiger partial charge in [0.05, 0.1) is 0 Å². The lowest BCUT2D eigenvalue weighted by Crippen LogP contribution is -2.36. The van der Waals surface area contributed by atoms with Gasteiger partial charge in [-0.2, -0.15) is 0 Å². The molecule has 0 saturated heterocycles. The van der Waals surface area contributed by atoms with E-state index in [2.05, 4.69) is 10.6 Å². The molecule has 0 aromatic heterocycles. The molecule has 2 aromatic rings. The number of amides is 2. The van der Waals surface area contributed by atoms with Gasteiger partial charge in [0.25, 0.3) is 0 Å². The van der Waals surface area contributed by atoms with E-state index in [0.29, 0.717) is 13.0 Å². The molecule has 2 aromatic carbocycles. The number of para-hydroxylation sites is 1. The standard InChI is InChI=1S/C20H24N2O3/c1-3-15-6-5-7-16(4-2)18(15)22-20(25)19(24)21-13-12-14-8-10-17(23)11-9-14/h5-11,23H,3-4,12-13H2,1-2H3,(H,21,24)(H,22,25). The van der Waals surface area contributed by atoms with Gasteiger partial charge < -0.3 is 15.7 Å². The largest absolute Gasteiger partial charge is 0.508 e. The summed E-state index contributed by atoms with van der Waals surface area (Å²) in [7, 11) is 0. The summed E-state index contributed by atoms with van der Waals surface area (Å²) in [5.41, 5.74) is 3.75. The van der Waals surface area contributed by atoms with Crippen molar-refractivity contribution in [2.24, 2.45) is 0 Å². The molecule has 0 aliphatic rings. The normalized spacial score (nSPS) is 10.3. The lowest BCUT2D eigenvalue weighted by Gasteiger charge is -2.14. The number of carbonyl (C=O) groups excluding carboxylic acids is 2. The van der Waals surface area contributed by atoms with Crippen molar-refractivity contribution >= 4 is 17.5 Å². The van der Waals surface area contributed by atoms with Gasteiger partial charge >= 0.3 is 11.8 Å². The number of rotatable bonds is 6. The Morgan fingerprint density at radius 3 is 2.08 bits per heavy atom. The Kier molecular flexibility index (Phi) is 6.57. The fraction of sp³-hybridized carbons (Fsp3) is 0.300. The van der Waals surface area contributed by atoms with Crippen LogP contribution in [0.15, 0.2) is 42.5 Å². The van der Waals surface area contributed by atoms with E-state index in [0.717, 1.165) is 35.2 Å². The summed E-state index contributed by atoms with van der Waals surface area (Å²) in [6, 6.07) is 12.6. The van der Waals surface area contributed by atoms with Crippen molar-refractivity contribution in [2.75, 3.05) is 11.9 Å². The van der Waals surface area contributed by atoms with Crippen LogP contribution in [0.4, 0.5) is 5.69 Å². The molecule has 0 unspecified atom stereocenters. The number of phenols is 1. The van der Waals surface area contributed by atoms with Crippen LogP contribution < -0.4 is 10.6 Å². The lowest BCUT2D eigenvalue weighted by molar-refractivity contribution is -0.136. The minimum Gasteiger partial charge on any atom is -0.508 e. The summed E-state index contributed by atoms with van der Waals surface area (Å²) in [5.74, 6) is -1.10. The monoisotopic (exact) mass is 340 g/mol. The number of aryl methyl sites for hydroxylation is 2. The van der Waals surface area contributed by atoms with Crippen molar-refractivity contribution in [3.8, 4) is 5.75 Å². The van der Waals surface area contributed by atoms with E-state index in [1.165, 1.54) is 0 Å². The number of anilines is 1. The Morgan fingerprint density at radius 2 is 1.52 bits per heavy atom. The summed E-state index contributed by atoms with van der Waals surface area (Å²) in [6.07, 6.45) is 2.16. The highest BCUT2D eigenvalue weighted by atomic mass is 16.3. The fourth-order valence-corrected chi connectivity index (χ4v) is 2.64. The minimum atomic E-state index is -0.652. The van der Waals surface area contributed by atoms with E-state index in [9.17, 15) is 14.7 Å². The highest BCUT2D eigenvalue weighted by Crippen LogP contribution is 2.22. The van der Waals surface area contributed by atoms with Crippen LogP contribution in [-0.2, 0) is 28.9 Å². The van der Waals surface area contributed by atoms with E-state index in [1.807, 2.05) is 32.0 Å². The second kappa shape index (κ2) is 8.87. The molecule has 5 nitrogen and oxygen atoms in total. The molecule has 0 heterocycles. The summed E-state index contributed by atoms with van der Waals surface area (Å²) in [6.45, 7) is 4.39. The van der Waals surface area contributed by atoms with E-state index in [-0.39, 0.29) is 5.75 Å². The first-order valence-electron chi connectivity index (χ1n) is 8.53. The summed E-state index contributed by atoms with van der Waals surface area (Å²) >= 11 is 0. The molecule has 2 amide bonds. The Balaban J connectivity index is 1.92. The van der Waals surface area contributed by atoms with Gasteiger partial charge in [0, 0.05) is 12.2 Å². The number of phenolic OH excluding ortho intramolecular Hbond substituents is 1. The summed E-state index contributed by atoms with van der Waals surface area (Å²) in [5, 5.41) is 14.6. The van der Waals surface area contributed by atoms with E-state index in [4.69, 9.17) is 0 Å². The quantitative estimate of drug-likeness (QED) is 0.708. The van der Waals surface area contributed by atoms with Gasteiger partial charge in [-0.1, -0.05) is 44.2 Å². The van der Waals surface area contributed by atoms with Crippen LogP contribution in [0.2, 0.25) is 0 Å². The van der Waals surface area contributed by atoms with Crippen molar-refractivity contribution in [1.29, 1.82) is 0 Å². The Hall–Kier alpha value is -2.82.